The second-order valence-electron chi connectivity index (χ2n) is 5.39. The first-order chi connectivity index (χ1) is 11.7. The van der Waals surface area contributed by atoms with Gasteiger partial charge in [-0.3, -0.25) is 4.79 Å². The molecule has 2 aromatic rings. The topological polar surface area (TPSA) is 71.4 Å². The Morgan fingerprint density at radius 1 is 1.12 bits per heavy atom. The predicted octanol–water partition coefficient (Wildman–Crippen LogP) is 3.31. The number of nitriles is 1. The molecule has 0 aliphatic carbocycles. The van der Waals surface area contributed by atoms with Crippen LogP contribution in [0, 0.1) is 18.3 Å². The number of nitrogens with one attached hydrogen (secondary N) is 1. The highest BCUT2D eigenvalue weighted by molar-refractivity contribution is 6.09. The molecule has 0 spiro atoms. The monoisotopic (exact) mass is 320 g/mol. The molecule has 1 amide bonds. The highest BCUT2D eigenvalue weighted by Gasteiger charge is 2.13. The fourth-order valence-electron chi connectivity index (χ4n) is 2.30. The zero-order valence-electron chi connectivity index (χ0n) is 13.2. The molecular weight excluding hydrogens is 304 g/mol. The van der Waals surface area contributed by atoms with Crippen LogP contribution in [0.5, 0.6) is 11.5 Å². The van der Waals surface area contributed by atoms with Gasteiger partial charge < -0.3 is 14.8 Å². The van der Waals surface area contributed by atoms with Crippen molar-refractivity contribution in [2.75, 3.05) is 18.5 Å². The lowest BCUT2D eigenvalue weighted by molar-refractivity contribution is -0.112. The van der Waals surface area contributed by atoms with Gasteiger partial charge in [-0.2, -0.15) is 5.26 Å². The summed E-state index contributed by atoms with van der Waals surface area (Å²) in [4.78, 5) is 12.3. The van der Waals surface area contributed by atoms with Crippen molar-refractivity contribution in [2.24, 2.45) is 0 Å². The van der Waals surface area contributed by atoms with Crippen LogP contribution >= 0.6 is 0 Å². The van der Waals surface area contributed by atoms with Gasteiger partial charge in [0, 0.05) is 5.69 Å². The molecule has 0 saturated heterocycles. The van der Waals surface area contributed by atoms with Crippen molar-refractivity contribution >= 4 is 17.7 Å². The van der Waals surface area contributed by atoms with Crippen molar-refractivity contribution in [1.29, 1.82) is 5.26 Å². The Morgan fingerprint density at radius 2 is 1.83 bits per heavy atom. The van der Waals surface area contributed by atoms with Crippen LogP contribution in [-0.4, -0.2) is 19.1 Å². The quantitative estimate of drug-likeness (QED) is 0.695. The van der Waals surface area contributed by atoms with Crippen LogP contribution in [0.4, 0.5) is 5.69 Å². The number of amides is 1. The van der Waals surface area contributed by atoms with Crippen molar-refractivity contribution in [3.8, 4) is 17.6 Å². The lowest BCUT2D eigenvalue weighted by Gasteiger charge is -2.18. The van der Waals surface area contributed by atoms with Crippen molar-refractivity contribution in [3.63, 3.8) is 0 Å². The molecule has 1 N–H and O–H groups in total. The summed E-state index contributed by atoms with van der Waals surface area (Å²) >= 11 is 0. The predicted molar refractivity (Wildman–Crippen MR) is 90.8 cm³/mol. The number of nitrogens with zero attached hydrogens (tertiary/aromatic N) is 1. The molecule has 0 fully saturated rings. The zero-order chi connectivity index (χ0) is 16.9. The molecule has 1 heterocycles. The van der Waals surface area contributed by atoms with E-state index in [9.17, 15) is 10.1 Å². The van der Waals surface area contributed by atoms with E-state index in [1.807, 2.05) is 25.1 Å². The van der Waals surface area contributed by atoms with Gasteiger partial charge in [0.2, 0.25) is 0 Å². The molecule has 3 rings (SSSR count). The first kappa shape index (κ1) is 15.6. The summed E-state index contributed by atoms with van der Waals surface area (Å²) < 4.78 is 11.0. The summed E-state index contributed by atoms with van der Waals surface area (Å²) in [6.45, 7) is 2.97. The van der Waals surface area contributed by atoms with E-state index in [2.05, 4.69) is 5.32 Å². The molecule has 0 radical (unpaired) electrons. The van der Waals surface area contributed by atoms with Crippen LogP contribution in [0.1, 0.15) is 11.1 Å². The van der Waals surface area contributed by atoms with Gasteiger partial charge in [0.05, 0.1) is 0 Å². The minimum Gasteiger partial charge on any atom is -0.486 e. The lowest BCUT2D eigenvalue weighted by atomic mass is 10.1. The van der Waals surface area contributed by atoms with Gasteiger partial charge in [0.15, 0.2) is 11.5 Å². The minimum absolute atomic E-state index is 0.0206. The van der Waals surface area contributed by atoms with Crippen molar-refractivity contribution in [3.05, 3.63) is 59.2 Å². The molecule has 0 saturated carbocycles. The van der Waals surface area contributed by atoms with Gasteiger partial charge in [-0.25, -0.2) is 0 Å². The fourth-order valence-corrected chi connectivity index (χ4v) is 2.30. The number of anilines is 1. The molecule has 24 heavy (non-hydrogen) atoms. The van der Waals surface area contributed by atoms with E-state index in [0.717, 1.165) is 5.56 Å². The maximum atomic E-state index is 12.3. The SMILES string of the molecule is Cc1ccc(NC(=O)/C(C#N)=C\c2ccc3c(c2)OCCO3)cc1. The second-order valence-corrected chi connectivity index (χ2v) is 5.39. The summed E-state index contributed by atoms with van der Waals surface area (Å²) in [5, 5.41) is 12.0. The summed E-state index contributed by atoms with van der Waals surface area (Å²) in [6, 6.07) is 14.6. The Bertz CT molecular complexity index is 833. The first-order valence-electron chi connectivity index (χ1n) is 7.55. The largest absolute Gasteiger partial charge is 0.486 e. The number of benzene rings is 2. The summed E-state index contributed by atoms with van der Waals surface area (Å²) in [5.41, 5.74) is 2.47. The minimum atomic E-state index is -0.448. The Labute approximate surface area is 140 Å². The van der Waals surface area contributed by atoms with Gasteiger partial charge in [-0.1, -0.05) is 23.8 Å². The first-order valence-corrected chi connectivity index (χ1v) is 7.55. The average molecular weight is 320 g/mol. The third-order valence-electron chi connectivity index (χ3n) is 3.55. The maximum Gasteiger partial charge on any atom is 0.266 e. The summed E-state index contributed by atoms with van der Waals surface area (Å²) in [5.74, 6) is 0.837. The normalized spacial score (nSPS) is 13.1. The smallest absolute Gasteiger partial charge is 0.266 e. The van der Waals surface area contributed by atoms with Gasteiger partial charge >= 0.3 is 0 Å². The third-order valence-corrected chi connectivity index (χ3v) is 3.55. The van der Waals surface area contributed by atoms with Crippen LogP contribution in [0.2, 0.25) is 0 Å². The molecule has 0 bridgehead atoms. The number of hydrogen-bond donors (Lipinski definition) is 1. The molecule has 0 unspecified atom stereocenters. The molecule has 5 heteroatoms. The second kappa shape index (κ2) is 6.88. The number of fused-ring (bicyclic) bond motifs is 1. The average Bonchev–Trinajstić information content (AvgIpc) is 2.61. The van der Waals surface area contributed by atoms with Crippen LogP contribution in [0.25, 0.3) is 6.08 Å². The van der Waals surface area contributed by atoms with E-state index < -0.39 is 5.91 Å². The number of carbonyl (C=O) groups excluding carboxylic acids is 1. The number of carbonyl (C=O) groups is 1. The number of rotatable bonds is 3. The van der Waals surface area contributed by atoms with Crippen molar-refractivity contribution in [2.45, 2.75) is 6.92 Å². The highest BCUT2D eigenvalue weighted by Crippen LogP contribution is 2.31. The Kier molecular flexibility index (Phi) is 4.48. The summed E-state index contributed by atoms with van der Waals surface area (Å²) in [7, 11) is 0. The lowest BCUT2D eigenvalue weighted by Crippen LogP contribution is -2.15. The van der Waals surface area contributed by atoms with Gasteiger partial charge in [-0.05, 0) is 42.8 Å². The molecular formula is C19H16N2O3. The zero-order valence-corrected chi connectivity index (χ0v) is 13.2. The van der Waals surface area contributed by atoms with E-state index >= 15 is 0 Å². The molecule has 0 atom stereocenters. The summed E-state index contributed by atoms with van der Waals surface area (Å²) in [6.07, 6.45) is 1.53. The van der Waals surface area contributed by atoms with Crippen LogP contribution in [0.3, 0.4) is 0 Å². The number of aryl methyl sites for hydroxylation is 1. The Morgan fingerprint density at radius 3 is 2.54 bits per heavy atom. The van der Waals surface area contributed by atoms with Gasteiger partial charge in [-0.15, -0.1) is 0 Å². The van der Waals surface area contributed by atoms with Crippen molar-refractivity contribution < 1.29 is 14.3 Å². The van der Waals surface area contributed by atoms with Crippen LogP contribution < -0.4 is 14.8 Å². The fraction of sp³-hybridized carbons (Fsp3) is 0.158. The van der Waals surface area contributed by atoms with Gasteiger partial charge in [0.1, 0.15) is 24.9 Å². The molecule has 0 aromatic heterocycles. The van der Waals surface area contributed by atoms with Crippen LogP contribution in [0.15, 0.2) is 48.0 Å². The van der Waals surface area contributed by atoms with Gasteiger partial charge in [0.25, 0.3) is 5.91 Å². The highest BCUT2D eigenvalue weighted by atomic mass is 16.6. The molecule has 1 aliphatic rings. The number of ether oxygens (including phenoxy) is 2. The van der Waals surface area contributed by atoms with Crippen molar-refractivity contribution in [1.82, 2.24) is 0 Å². The molecule has 1 aliphatic heterocycles. The van der Waals surface area contributed by atoms with E-state index in [-0.39, 0.29) is 5.57 Å². The number of hydrogen-bond acceptors (Lipinski definition) is 4. The maximum absolute atomic E-state index is 12.3. The van der Waals surface area contributed by atoms with E-state index in [1.165, 1.54) is 6.08 Å². The molecule has 5 nitrogen and oxygen atoms in total. The van der Waals surface area contributed by atoms with E-state index in [0.29, 0.717) is 36.0 Å². The molecule has 2 aromatic carbocycles. The standard InChI is InChI=1S/C19H16N2O3/c1-13-2-5-16(6-3-13)21-19(22)15(12-20)10-14-4-7-17-18(11-14)24-9-8-23-17/h2-7,10-11H,8-9H2,1H3,(H,21,22)/b15-10-. The van der Waals surface area contributed by atoms with Crippen LogP contribution in [-0.2, 0) is 4.79 Å². The Balaban J connectivity index is 1.80. The Hall–Kier alpha value is -3.26. The van der Waals surface area contributed by atoms with E-state index in [4.69, 9.17) is 9.47 Å². The molecule has 120 valence electrons. The third kappa shape index (κ3) is 3.55. The van der Waals surface area contributed by atoms with E-state index in [1.54, 1.807) is 30.3 Å².